The summed E-state index contributed by atoms with van der Waals surface area (Å²) < 4.78 is 12.5. The van der Waals surface area contributed by atoms with E-state index in [4.69, 9.17) is 14.5 Å². The second-order valence-corrected chi connectivity index (χ2v) is 8.88. The van der Waals surface area contributed by atoms with Gasteiger partial charge in [-0.2, -0.15) is 0 Å². The van der Waals surface area contributed by atoms with Crippen LogP contribution >= 0.6 is 23.7 Å². The Balaban J connectivity index is 0.00000385. The van der Waals surface area contributed by atoms with Crippen molar-refractivity contribution in [2.24, 2.45) is 0 Å². The Labute approximate surface area is 206 Å². The first kappa shape index (κ1) is 26.9. The molecule has 2 aromatic carbocycles. The van der Waals surface area contributed by atoms with Crippen molar-refractivity contribution in [1.29, 1.82) is 0 Å². The second kappa shape index (κ2) is 13.4. The van der Waals surface area contributed by atoms with Crippen LogP contribution in [0.2, 0.25) is 0 Å². The molecule has 0 aliphatic rings. The predicted molar refractivity (Wildman–Crippen MR) is 140 cm³/mol. The van der Waals surface area contributed by atoms with Crippen molar-refractivity contribution >= 4 is 45.0 Å². The Morgan fingerprint density at radius 2 is 1.76 bits per heavy atom. The minimum absolute atomic E-state index is 0. The molecule has 0 aliphatic heterocycles. The number of halogens is 1. The topological polar surface area (TPSA) is 54.9 Å². The molecular formula is C25H34ClN3O3S. The molecule has 33 heavy (non-hydrogen) atoms. The van der Waals surface area contributed by atoms with Crippen molar-refractivity contribution in [3.05, 3.63) is 48.0 Å². The van der Waals surface area contributed by atoms with Crippen LogP contribution in [0.5, 0.6) is 11.5 Å². The first-order valence-corrected chi connectivity index (χ1v) is 12.1. The molecule has 1 heterocycles. The smallest absolute Gasteiger partial charge is 0.260 e. The molecule has 0 saturated heterocycles. The van der Waals surface area contributed by atoms with E-state index in [-0.39, 0.29) is 18.3 Å². The maximum absolute atomic E-state index is 13.5. The monoisotopic (exact) mass is 491 g/mol. The summed E-state index contributed by atoms with van der Waals surface area (Å²) in [5.74, 6) is 1.48. The van der Waals surface area contributed by atoms with E-state index < -0.39 is 0 Å². The van der Waals surface area contributed by atoms with E-state index in [9.17, 15) is 4.79 Å². The number of carbonyl (C=O) groups is 1. The lowest BCUT2D eigenvalue weighted by Crippen LogP contribution is -2.33. The molecule has 0 fully saturated rings. The Bertz CT molecular complexity index is 1010. The van der Waals surface area contributed by atoms with Gasteiger partial charge in [-0.05, 0) is 76.8 Å². The molecule has 0 unspecified atom stereocenters. The summed E-state index contributed by atoms with van der Waals surface area (Å²) in [5.41, 5.74) is 1.43. The maximum Gasteiger partial charge on any atom is 0.260 e. The van der Waals surface area contributed by atoms with Crippen molar-refractivity contribution in [2.45, 2.75) is 33.1 Å². The summed E-state index contributed by atoms with van der Waals surface area (Å²) in [6.45, 7) is 6.84. The molecule has 0 radical (unpaired) electrons. The number of carbonyl (C=O) groups excluding carboxylic acids is 1. The average Bonchev–Trinajstić information content (AvgIpc) is 3.22. The van der Waals surface area contributed by atoms with Gasteiger partial charge in [-0.3, -0.25) is 9.69 Å². The molecule has 0 N–H and O–H groups in total. The van der Waals surface area contributed by atoms with Crippen LogP contribution in [0.15, 0.2) is 42.5 Å². The van der Waals surface area contributed by atoms with Crippen molar-refractivity contribution < 1.29 is 14.3 Å². The molecule has 0 spiro atoms. The number of nitrogens with zero attached hydrogens (tertiary/aromatic N) is 3. The summed E-state index contributed by atoms with van der Waals surface area (Å²) >= 11 is 1.52. The van der Waals surface area contributed by atoms with Crippen molar-refractivity contribution in [3.63, 3.8) is 0 Å². The van der Waals surface area contributed by atoms with Crippen molar-refractivity contribution in [1.82, 2.24) is 9.88 Å². The number of fused-ring (bicyclic) bond motifs is 1. The molecule has 3 aromatic rings. The van der Waals surface area contributed by atoms with Gasteiger partial charge in [-0.25, -0.2) is 4.98 Å². The van der Waals surface area contributed by atoms with E-state index in [0.29, 0.717) is 30.5 Å². The highest BCUT2D eigenvalue weighted by Gasteiger charge is 2.22. The van der Waals surface area contributed by atoms with Gasteiger partial charge >= 0.3 is 0 Å². The number of anilines is 1. The number of hydrogen-bond acceptors (Lipinski definition) is 6. The quantitative estimate of drug-likeness (QED) is 0.295. The van der Waals surface area contributed by atoms with Crippen LogP contribution in [0.3, 0.4) is 0 Å². The molecule has 1 amide bonds. The molecule has 1 aromatic heterocycles. The van der Waals surface area contributed by atoms with E-state index in [1.165, 1.54) is 11.3 Å². The Kier molecular flexibility index (Phi) is 10.9. The zero-order chi connectivity index (χ0) is 22.9. The van der Waals surface area contributed by atoms with E-state index in [1.54, 1.807) is 4.90 Å². The maximum atomic E-state index is 13.5. The van der Waals surface area contributed by atoms with Crippen LogP contribution in [0.4, 0.5) is 5.13 Å². The number of unbranched alkanes of at least 4 members (excludes halogenated alkanes) is 1. The number of para-hydroxylation sites is 1. The molecule has 0 aliphatic carbocycles. The minimum atomic E-state index is -0.0547. The first-order valence-electron chi connectivity index (χ1n) is 11.2. The molecule has 3 rings (SSSR count). The van der Waals surface area contributed by atoms with Gasteiger partial charge < -0.3 is 14.4 Å². The number of benzene rings is 2. The number of amides is 1. The van der Waals surface area contributed by atoms with Crippen molar-refractivity contribution in [3.8, 4) is 11.5 Å². The number of thiazole rings is 1. The van der Waals surface area contributed by atoms with Crippen molar-refractivity contribution in [2.75, 3.05) is 45.3 Å². The lowest BCUT2D eigenvalue weighted by Gasteiger charge is -2.21. The highest BCUT2D eigenvalue weighted by atomic mass is 35.5. The fraction of sp³-hybridized carbons (Fsp3) is 0.440. The third kappa shape index (κ3) is 7.32. The Hall–Kier alpha value is -2.35. The lowest BCUT2D eigenvalue weighted by molar-refractivity contribution is 0.0986. The van der Waals surface area contributed by atoms with E-state index in [1.807, 2.05) is 63.5 Å². The van der Waals surface area contributed by atoms with E-state index in [2.05, 4.69) is 11.8 Å². The zero-order valence-corrected chi connectivity index (χ0v) is 21.5. The van der Waals surface area contributed by atoms with Gasteiger partial charge in [0.15, 0.2) is 5.13 Å². The summed E-state index contributed by atoms with van der Waals surface area (Å²) in [6, 6.07) is 13.3. The molecule has 180 valence electrons. The minimum Gasteiger partial charge on any atom is -0.494 e. The SMILES string of the molecule is CCCCOc1ccc(C(=O)N(CCCN(C)C)c2nc3c(OCC)cccc3s2)cc1.Cl. The molecule has 0 saturated carbocycles. The highest BCUT2D eigenvalue weighted by Crippen LogP contribution is 2.35. The number of rotatable bonds is 12. The predicted octanol–water partition coefficient (Wildman–Crippen LogP) is 5.89. The molecule has 0 bridgehead atoms. The summed E-state index contributed by atoms with van der Waals surface area (Å²) in [4.78, 5) is 22.2. The normalized spacial score (nSPS) is 10.8. The summed E-state index contributed by atoms with van der Waals surface area (Å²) in [5, 5.41) is 0.694. The third-order valence-corrected chi connectivity index (χ3v) is 6.05. The Morgan fingerprint density at radius 1 is 1.00 bits per heavy atom. The van der Waals surface area contributed by atoms with Gasteiger partial charge in [-0.1, -0.05) is 30.7 Å². The van der Waals surface area contributed by atoms with Gasteiger partial charge in [0.2, 0.25) is 0 Å². The second-order valence-electron chi connectivity index (χ2n) is 7.87. The van der Waals surface area contributed by atoms with Crippen LogP contribution in [0.1, 0.15) is 43.5 Å². The van der Waals surface area contributed by atoms with Crippen LogP contribution in [0.25, 0.3) is 10.2 Å². The lowest BCUT2D eigenvalue weighted by atomic mass is 10.2. The van der Waals surface area contributed by atoms with E-state index in [0.717, 1.165) is 47.5 Å². The number of ether oxygens (including phenoxy) is 2. The average molecular weight is 492 g/mol. The fourth-order valence-corrected chi connectivity index (χ4v) is 4.32. The van der Waals surface area contributed by atoms with Crippen LogP contribution in [-0.2, 0) is 0 Å². The van der Waals surface area contributed by atoms with Gasteiger partial charge in [0.25, 0.3) is 5.91 Å². The fourth-order valence-electron chi connectivity index (χ4n) is 3.31. The van der Waals surface area contributed by atoms with Gasteiger partial charge in [0, 0.05) is 12.1 Å². The van der Waals surface area contributed by atoms with Gasteiger partial charge in [0.05, 0.1) is 17.9 Å². The molecular weight excluding hydrogens is 458 g/mol. The van der Waals surface area contributed by atoms with Crippen LogP contribution in [-0.4, -0.2) is 56.2 Å². The van der Waals surface area contributed by atoms with Crippen LogP contribution in [0, 0.1) is 0 Å². The third-order valence-electron chi connectivity index (χ3n) is 5.00. The standard InChI is InChI=1S/C25H33N3O3S.ClH/c1-5-7-18-31-20-14-12-19(13-15-20)24(29)28(17-9-16-27(3)4)25-26-23-21(30-6-2)10-8-11-22(23)32-25;/h8,10-15H,5-7,9,16-18H2,1-4H3;1H. The van der Waals surface area contributed by atoms with Crippen LogP contribution < -0.4 is 14.4 Å². The highest BCUT2D eigenvalue weighted by molar-refractivity contribution is 7.22. The van der Waals surface area contributed by atoms with Gasteiger partial charge in [-0.15, -0.1) is 12.4 Å². The summed E-state index contributed by atoms with van der Waals surface area (Å²) in [7, 11) is 4.07. The zero-order valence-electron chi connectivity index (χ0n) is 19.9. The summed E-state index contributed by atoms with van der Waals surface area (Å²) in [6.07, 6.45) is 2.96. The number of aromatic nitrogens is 1. The first-order chi connectivity index (χ1) is 15.5. The van der Waals surface area contributed by atoms with Gasteiger partial charge in [0.1, 0.15) is 17.0 Å². The molecule has 6 nitrogen and oxygen atoms in total. The molecule has 8 heteroatoms. The molecule has 0 atom stereocenters. The van der Waals surface area contributed by atoms with E-state index >= 15 is 0 Å². The largest absolute Gasteiger partial charge is 0.494 e. The Morgan fingerprint density at radius 3 is 2.42 bits per heavy atom. The number of hydrogen-bond donors (Lipinski definition) is 0.